The Hall–Kier alpha value is -2.81. The maximum atomic E-state index is 12.2. The smallest absolute Gasteiger partial charge is 0.379 e. The molecule has 1 aromatic heterocycles. The van der Waals surface area contributed by atoms with Gasteiger partial charge < -0.3 is 9.15 Å². The Morgan fingerprint density at radius 1 is 1.00 bits per heavy atom. The number of fused-ring (bicyclic) bond motifs is 4. The highest BCUT2D eigenvalue weighted by Gasteiger charge is 2.20. The third-order valence-electron chi connectivity index (χ3n) is 4.03. The molecule has 0 bridgehead atoms. The number of ether oxygens (including phenoxy) is 1. The highest BCUT2D eigenvalue weighted by Crippen LogP contribution is 2.33. The van der Waals surface area contributed by atoms with E-state index in [-0.39, 0.29) is 0 Å². The Morgan fingerprint density at radius 3 is 2.68 bits per heavy atom. The fourth-order valence-corrected chi connectivity index (χ4v) is 2.97. The monoisotopic (exact) mass is 290 g/mol. The molecule has 108 valence electrons. The molecule has 3 nitrogen and oxygen atoms in total. The van der Waals surface area contributed by atoms with Crippen molar-refractivity contribution in [2.75, 3.05) is 0 Å². The van der Waals surface area contributed by atoms with Crippen LogP contribution in [-0.2, 0) is 13.0 Å². The van der Waals surface area contributed by atoms with Gasteiger partial charge in [-0.05, 0) is 22.8 Å². The van der Waals surface area contributed by atoms with Gasteiger partial charge in [0.15, 0.2) is 0 Å². The van der Waals surface area contributed by atoms with Crippen molar-refractivity contribution in [3.05, 3.63) is 82.2 Å². The van der Waals surface area contributed by atoms with Crippen LogP contribution >= 0.6 is 0 Å². The van der Waals surface area contributed by atoms with Crippen LogP contribution in [0.2, 0.25) is 0 Å². The Bertz CT molecular complexity index is 950. The van der Waals surface area contributed by atoms with Crippen LogP contribution in [-0.4, -0.2) is 0 Å². The van der Waals surface area contributed by atoms with Crippen LogP contribution in [0.1, 0.15) is 16.7 Å². The normalized spacial score (nSPS) is 13.7. The number of rotatable bonds is 0. The molecule has 2 aromatic carbocycles. The molecule has 0 amide bonds. The molecule has 0 unspecified atom stereocenters. The summed E-state index contributed by atoms with van der Waals surface area (Å²) in [6, 6.07) is 15.5. The predicted molar refractivity (Wildman–Crippen MR) is 86.0 cm³/mol. The summed E-state index contributed by atoms with van der Waals surface area (Å²) in [6.07, 6.45) is 0.568. The van der Waals surface area contributed by atoms with Gasteiger partial charge in [0, 0.05) is 17.4 Å². The first kappa shape index (κ1) is 12.9. The first-order valence-corrected chi connectivity index (χ1v) is 7.17. The molecule has 3 aromatic rings. The van der Waals surface area contributed by atoms with Gasteiger partial charge in [0.2, 0.25) is 5.75 Å². The van der Waals surface area contributed by atoms with Crippen LogP contribution in [0.4, 0.5) is 0 Å². The van der Waals surface area contributed by atoms with E-state index in [0.29, 0.717) is 24.4 Å². The van der Waals surface area contributed by atoms with Crippen molar-refractivity contribution in [1.82, 2.24) is 0 Å². The van der Waals surface area contributed by atoms with Gasteiger partial charge in [-0.1, -0.05) is 49.0 Å². The molecule has 0 atom stereocenters. The van der Waals surface area contributed by atoms with E-state index in [2.05, 4.69) is 6.58 Å². The van der Waals surface area contributed by atoms with E-state index in [4.69, 9.17) is 9.15 Å². The second-order valence-electron chi connectivity index (χ2n) is 5.42. The molecule has 4 rings (SSSR count). The van der Waals surface area contributed by atoms with Crippen LogP contribution < -0.4 is 10.4 Å². The van der Waals surface area contributed by atoms with Gasteiger partial charge in [0.05, 0.1) is 0 Å². The highest BCUT2D eigenvalue weighted by molar-refractivity contribution is 5.85. The summed E-state index contributed by atoms with van der Waals surface area (Å²) in [5.41, 5.74) is 4.11. The van der Waals surface area contributed by atoms with Gasteiger partial charge in [-0.2, -0.15) is 0 Å². The van der Waals surface area contributed by atoms with Crippen LogP contribution in [0, 0.1) is 0 Å². The van der Waals surface area contributed by atoms with E-state index in [0.717, 1.165) is 27.6 Å². The molecule has 2 heterocycles. The van der Waals surface area contributed by atoms with Gasteiger partial charge >= 0.3 is 5.63 Å². The summed E-state index contributed by atoms with van der Waals surface area (Å²) in [4.78, 5) is 12.2. The van der Waals surface area contributed by atoms with Crippen LogP contribution in [0.25, 0.3) is 16.5 Å². The van der Waals surface area contributed by atoms with E-state index in [9.17, 15) is 4.79 Å². The minimum Gasteiger partial charge on any atom is -0.481 e. The zero-order valence-corrected chi connectivity index (χ0v) is 12.0. The predicted octanol–water partition coefficient (Wildman–Crippen LogP) is 3.94. The number of hydrogen-bond donors (Lipinski definition) is 0. The molecule has 22 heavy (non-hydrogen) atoms. The summed E-state index contributed by atoms with van der Waals surface area (Å²) in [6.45, 7) is 4.54. The SMILES string of the molecule is C=C1Cc2c(c(=O)oc3ccccc23)OCc2ccccc21. The molecule has 0 saturated carbocycles. The fourth-order valence-electron chi connectivity index (χ4n) is 2.97. The van der Waals surface area contributed by atoms with Gasteiger partial charge in [-0.25, -0.2) is 4.79 Å². The van der Waals surface area contributed by atoms with Crippen molar-refractivity contribution < 1.29 is 9.15 Å². The van der Waals surface area contributed by atoms with E-state index in [1.165, 1.54) is 0 Å². The lowest BCUT2D eigenvalue weighted by Gasteiger charge is -2.19. The third-order valence-corrected chi connectivity index (χ3v) is 4.03. The van der Waals surface area contributed by atoms with Crippen molar-refractivity contribution >= 4 is 16.5 Å². The van der Waals surface area contributed by atoms with E-state index in [1.54, 1.807) is 6.07 Å². The van der Waals surface area contributed by atoms with Crippen molar-refractivity contribution in [2.45, 2.75) is 13.0 Å². The fraction of sp³-hybridized carbons (Fsp3) is 0.105. The lowest BCUT2D eigenvalue weighted by molar-refractivity contribution is 0.287. The average Bonchev–Trinajstić information content (AvgIpc) is 2.52. The molecule has 0 saturated heterocycles. The molecule has 0 spiro atoms. The number of hydrogen-bond acceptors (Lipinski definition) is 3. The highest BCUT2D eigenvalue weighted by atomic mass is 16.5. The molecule has 0 aliphatic carbocycles. The van der Waals surface area contributed by atoms with Crippen molar-refractivity contribution in [3.8, 4) is 5.75 Å². The van der Waals surface area contributed by atoms with Crippen LogP contribution in [0.5, 0.6) is 5.75 Å². The second-order valence-corrected chi connectivity index (χ2v) is 5.42. The van der Waals surface area contributed by atoms with Crippen molar-refractivity contribution in [3.63, 3.8) is 0 Å². The molecule has 0 radical (unpaired) electrons. The first-order valence-electron chi connectivity index (χ1n) is 7.17. The zero-order chi connectivity index (χ0) is 15.1. The van der Waals surface area contributed by atoms with Gasteiger partial charge in [0.1, 0.15) is 12.2 Å². The minimum atomic E-state index is -0.430. The molecule has 0 fully saturated rings. The average molecular weight is 290 g/mol. The van der Waals surface area contributed by atoms with E-state index >= 15 is 0 Å². The van der Waals surface area contributed by atoms with E-state index < -0.39 is 5.63 Å². The Balaban J connectivity index is 1.97. The van der Waals surface area contributed by atoms with Gasteiger partial charge in [-0.3, -0.25) is 0 Å². The minimum absolute atomic E-state index is 0.300. The summed E-state index contributed by atoms with van der Waals surface area (Å²) in [5.74, 6) is 0.300. The molecular weight excluding hydrogens is 276 g/mol. The maximum absolute atomic E-state index is 12.2. The molecule has 1 aliphatic heterocycles. The Morgan fingerprint density at radius 2 is 1.77 bits per heavy atom. The molecular formula is C19H14O3. The van der Waals surface area contributed by atoms with E-state index in [1.807, 2.05) is 42.5 Å². The molecule has 3 heteroatoms. The first-order chi connectivity index (χ1) is 10.7. The topological polar surface area (TPSA) is 39.4 Å². The summed E-state index contributed by atoms with van der Waals surface area (Å²) in [7, 11) is 0. The molecule has 1 aliphatic rings. The summed E-state index contributed by atoms with van der Waals surface area (Å²) in [5, 5.41) is 0.901. The number of benzene rings is 2. The zero-order valence-electron chi connectivity index (χ0n) is 12.0. The van der Waals surface area contributed by atoms with Crippen LogP contribution in [0.3, 0.4) is 0 Å². The molecule has 0 N–H and O–H groups in total. The largest absolute Gasteiger partial charge is 0.481 e. The number of para-hydroxylation sites is 1. The maximum Gasteiger partial charge on any atom is 0.379 e. The Kier molecular flexibility index (Phi) is 2.86. The lowest BCUT2D eigenvalue weighted by Crippen LogP contribution is -2.14. The summed E-state index contributed by atoms with van der Waals surface area (Å²) < 4.78 is 11.2. The lowest BCUT2D eigenvalue weighted by atomic mass is 9.93. The van der Waals surface area contributed by atoms with Crippen LogP contribution in [0.15, 0.2) is 64.3 Å². The second kappa shape index (κ2) is 4.88. The Labute approximate surface area is 127 Å². The van der Waals surface area contributed by atoms with Crippen molar-refractivity contribution in [1.29, 1.82) is 0 Å². The van der Waals surface area contributed by atoms with Gasteiger partial charge in [-0.15, -0.1) is 0 Å². The van der Waals surface area contributed by atoms with Crippen molar-refractivity contribution in [2.24, 2.45) is 0 Å². The van der Waals surface area contributed by atoms with Gasteiger partial charge in [0.25, 0.3) is 0 Å². The number of allylic oxidation sites excluding steroid dienone is 1. The summed E-state index contributed by atoms with van der Waals surface area (Å²) >= 11 is 0. The standard InChI is InChI=1S/C19H14O3/c1-12-10-16-15-8-4-5-9-17(15)22-19(20)18(16)21-11-13-6-2-3-7-14(12)13/h2-9H,1,10-11H2. The quantitative estimate of drug-likeness (QED) is 0.589. The third kappa shape index (κ3) is 1.94.